The number of nitrogens with one attached hydrogen (secondary N) is 2. The van der Waals surface area contributed by atoms with Gasteiger partial charge in [-0.25, -0.2) is 28.2 Å². The fourth-order valence-corrected chi connectivity index (χ4v) is 5.67. The van der Waals surface area contributed by atoms with Crippen molar-refractivity contribution in [2.75, 3.05) is 28.9 Å². The number of rotatable bonds is 8. The second kappa shape index (κ2) is 12.7. The van der Waals surface area contributed by atoms with Gasteiger partial charge in [-0.2, -0.15) is 0 Å². The summed E-state index contributed by atoms with van der Waals surface area (Å²) in [5.41, 5.74) is 2.06. The third-order valence-electron chi connectivity index (χ3n) is 7.16. The zero-order valence-corrected chi connectivity index (χ0v) is 26.4. The van der Waals surface area contributed by atoms with Crippen LogP contribution < -0.4 is 14.8 Å². The first-order valence-electron chi connectivity index (χ1n) is 14.7. The number of carbonyl (C=O) groups excluding carboxylic acids is 1. The zero-order chi connectivity index (χ0) is 31.5. The summed E-state index contributed by atoms with van der Waals surface area (Å²) in [6, 6.07) is 14.6. The fraction of sp³-hybridized carbons (Fsp3) is 0.375. The average molecular weight is 619 g/mol. The number of amides is 1. The number of carbonyl (C=O) groups is 1. The number of hydrogen-bond donors (Lipinski definition) is 2. The molecule has 44 heavy (non-hydrogen) atoms. The van der Waals surface area contributed by atoms with E-state index in [1.807, 2.05) is 58.0 Å². The second-order valence-electron chi connectivity index (χ2n) is 11.8. The van der Waals surface area contributed by atoms with Crippen molar-refractivity contribution in [3.8, 4) is 22.9 Å². The van der Waals surface area contributed by atoms with Gasteiger partial charge in [0.2, 0.25) is 21.9 Å². The zero-order valence-electron chi connectivity index (χ0n) is 25.6. The lowest BCUT2D eigenvalue weighted by atomic mass is 10.0. The number of nitrogens with zero attached hydrogens (tertiary/aromatic N) is 4. The van der Waals surface area contributed by atoms with Crippen molar-refractivity contribution in [2.45, 2.75) is 59.1 Å². The fourth-order valence-electron chi connectivity index (χ4n) is 5.02. The first kappa shape index (κ1) is 31.0. The Balaban J connectivity index is 1.40. The number of ether oxygens (including phenoxy) is 2. The molecule has 1 amide bonds. The first-order valence-corrected chi connectivity index (χ1v) is 16.3. The SMILES string of the molecule is CCS(=O)(=O)Nc1cccc2c(Oc3ncccc3-c3ccnc(NC4CCCN(C(=O)OC(C)(C)C)C4)n3)c(C)ccc12. The summed E-state index contributed by atoms with van der Waals surface area (Å²) in [7, 11) is -3.47. The van der Waals surface area contributed by atoms with Crippen LogP contribution in [0.25, 0.3) is 22.0 Å². The Bertz CT molecular complexity index is 1770. The summed E-state index contributed by atoms with van der Waals surface area (Å²) in [6.07, 6.45) is 4.70. The molecule has 0 aliphatic carbocycles. The molecule has 4 aromatic rings. The Morgan fingerprint density at radius 2 is 1.86 bits per heavy atom. The van der Waals surface area contributed by atoms with E-state index in [0.717, 1.165) is 23.8 Å². The number of piperidine rings is 1. The molecule has 1 aliphatic heterocycles. The minimum absolute atomic E-state index is 0.0333. The summed E-state index contributed by atoms with van der Waals surface area (Å²) in [5.74, 6) is 1.31. The number of anilines is 2. The number of hydrogen-bond acceptors (Lipinski definition) is 9. The molecule has 232 valence electrons. The van der Waals surface area contributed by atoms with Crippen LogP contribution >= 0.6 is 0 Å². The van der Waals surface area contributed by atoms with Gasteiger partial charge >= 0.3 is 6.09 Å². The van der Waals surface area contributed by atoms with Crippen molar-refractivity contribution >= 4 is 38.5 Å². The standard InChI is InChI=1S/C32H38N6O5S/c1-6-44(40,41)37-27-13-7-11-24-23(27)15-14-21(2)28(24)42-29-25(12-8-17-33-29)26-16-18-34-30(36-26)35-22-10-9-19-38(20-22)31(39)43-32(3,4)5/h7-8,11-18,22,37H,6,9-10,19-20H2,1-5H3,(H,34,35,36). The van der Waals surface area contributed by atoms with Gasteiger partial charge in [0.25, 0.3) is 0 Å². The molecule has 0 spiro atoms. The Labute approximate surface area is 258 Å². The van der Waals surface area contributed by atoms with E-state index in [1.165, 1.54) is 0 Å². The van der Waals surface area contributed by atoms with Crippen molar-refractivity contribution in [2.24, 2.45) is 0 Å². The Kier molecular flexibility index (Phi) is 8.91. The lowest BCUT2D eigenvalue weighted by molar-refractivity contribution is 0.0206. The maximum atomic E-state index is 12.6. The Hall–Kier alpha value is -4.45. The number of aromatic nitrogens is 3. The highest BCUT2D eigenvalue weighted by Crippen LogP contribution is 2.38. The highest BCUT2D eigenvalue weighted by atomic mass is 32.2. The molecule has 1 atom stereocenters. The largest absolute Gasteiger partial charge is 0.444 e. The smallest absolute Gasteiger partial charge is 0.410 e. The van der Waals surface area contributed by atoms with Gasteiger partial charge in [0, 0.05) is 42.3 Å². The molecule has 0 bridgehead atoms. The molecule has 11 nitrogen and oxygen atoms in total. The first-order chi connectivity index (χ1) is 20.9. The van der Waals surface area contributed by atoms with Crippen LogP contribution in [-0.2, 0) is 14.8 Å². The van der Waals surface area contributed by atoms with Crippen molar-refractivity contribution in [3.05, 3.63) is 66.5 Å². The summed E-state index contributed by atoms with van der Waals surface area (Å²) in [4.78, 5) is 28.1. The van der Waals surface area contributed by atoms with Crippen molar-refractivity contribution < 1.29 is 22.7 Å². The van der Waals surface area contributed by atoms with Gasteiger partial charge in [-0.3, -0.25) is 4.72 Å². The summed E-state index contributed by atoms with van der Waals surface area (Å²) >= 11 is 0. The predicted octanol–water partition coefficient (Wildman–Crippen LogP) is 6.37. The van der Waals surface area contributed by atoms with Crippen LogP contribution in [0.2, 0.25) is 0 Å². The Morgan fingerprint density at radius 1 is 1.05 bits per heavy atom. The van der Waals surface area contributed by atoms with Crippen LogP contribution in [0.5, 0.6) is 11.6 Å². The molecule has 0 radical (unpaired) electrons. The summed E-state index contributed by atoms with van der Waals surface area (Å²) < 4.78 is 39.3. The molecule has 5 rings (SSSR count). The van der Waals surface area contributed by atoms with E-state index >= 15 is 0 Å². The molecule has 1 aliphatic rings. The molecular formula is C32H38N6O5S. The maximum Gasteiger partial charge on any atom is 0.410 e. The van der Waals surface area contributed by atoms with Gasteiger partial charge in [-0.15, -0.1) is 0 Å². The summed E-state index contributed by atoms with van der Waals surface area (Å²) in [6.45, 7) is 10.2. The van der Waals surface area contributed by atoms with E-state index < -0.39 is 15.6 Å². The van der Waals surface area contributed by atoms with Gasteiger partial charge in [-0.05, 0) is 77.3 Å². The van der Waals surface area contributed by atoms with Crippen molar-refractivity contribution in [3.63, 3.8) is 0 Å². The molecule has 1 fully saturated rings. The lowest BCUT2D eigenvalue weighted by Crippen LogP contribution is -2.47. The van der Waals surface area contributed by atoms with Gasteiger partial charge < -0.3 is 19.7 Å². The van der Waals surface area contributed by atoms with E-state index in [2.05, 4.69) is 20.0 Å². The van der Waals surface area contributed by atoms with Gasteiger partial charge in [0.05, 0.1) is 22.7 Å². The van der Waals surface area contributed by atoms with Gasteiger partial charge in [-0.1, -0.05) is 24.3 Å². The molecule has 12 heteroatoms. The van der Waals surface area contributed by atoms with E-state index in [0.29, 0.717) is 53.0 Å². The summed E-state index contributed by atoms with van der Waals surface area (Å²) in [5, 5.41) is 4.84. The molecular weight excluding hydrogens is 580 g/mol. The number of pyridine rings is 1. The Morgan fingerprint density at radius 3 is 2.64 bits per heavy atom. The molecule has 2 aromatic heterocycles. The molecule has 2 N–H and O–H groups in total. The maximum absolute atomic E-state index is 12.6. The number of likely N-dealkylation sites (tertiary alicyclic amines) is 1. The van der Waals surface area contributed by atoms with Crippen LogP contribution in [-0.4, -0.2) is 64.8 Å². The monoisotopic (exact) mass is 618 g/mol. The third kappa shape index (κ3) is 7.36. The van der Waals surface area contributed by atoms with Gasteiger partial charge in [0.1, 0.15) is 11.4 Å². The minimum Gasteiger partial charge on any atom is -0.444 e. The third-order valence-corrected chi connectivity index (χ3v) is 8.45. The normalized spacial score (nSPS) is 15.6. The van der Waals surface area contributed by atoms with Crippen LogP contribution in [0.1, 0.15) is 46.1 Å². The van der Waals surface area contributed by atoms with E-state index in [-0.39, 0.29) is 17.9 Å². The number of benzene rings is 2. The average Bonchev–Trinajstić information content (AvgIpc) is 2.98. The topological polar surface area (TPSA) is 136 Å². The van der Waals surface area contributed by atoms with E-state index in [1.54, 1.807) is 42.4 Å². The van der Waals surface area contributed by atoms with Crippen molar-refractivity contribution in [1.82, 2.24) is 19.9 Å². The number of aryl methyl sites for hydroxylation is 1. The predicted molar refractivity (Wildman–Crippen MR) is 172 cm³/mol. The second-order valence-corrected chi connectivity index (χ2v) is 13.8. The molecule has 1 saturated heterocycles. The van der Waals surface area contributed by atoms with Crippen LogP contribution in [0.3, 0.4) is 0 Å². The number of sulfonamides is 1. The minimum atomic E-state index is -3.47. The van der Waals surface area contributed by atoms with Crippen LogP contribution in [0, 0.1) is 6.92 Å². The highest BCUT2D eigenvalue weighted by molar-refractivity contribution is 7.92. The van der Waals surface area contributed by atoms with Crippen LogP contribution in [0.4, 0.5) is 16.4 Å². The van der Waals surface area contributed by atoms with E-state index in [9.17, 15) is 13.2 Å². The molecule has 2 aromatic carbocycles. The molecule has 3 heterocycles. The van der Waals surface area contributed by atoms with Crippen LogP contribution in [0.15, 0.2) is 60.9 Å². The van der Waals surface area contributed by atoms with Gasteiger partial charge in [0.15, 0.2) is 0 Å². The quantitative estimate of drug-likeness (QED) is 0.231. The number of fused-ring (bicyclic) bond motifs is 1. The highest BCUT2D eigenvalue weighted by Gasteiger charge is 2.28. The van der Waals surface area contributed by atoms with Crippen molar-refractivity contribution in [1.29, 1.82) is 0 Å². The van der Waals surface area contributed by atoms with E-state index in [4.69, 9.17) is 14.5 Å². The molecule has 0 saturated carbocycles. The molecule has 1 unspecified atom stereocenters. The lowest BCUT2D eigenvalue weighted by Gasteiger charge is -2.34.